The van der Waals surface area contributed by atoms with Gasteiger partial charge in [0.05, 0.1) is 31.9 Å². The SMILES string of the molecule is CCCCc1[nH]c(=O)c(C2=NCC(CC)=C(CC(=O)OC(C)(C)C)O2)c(O)c1-c1c(OC)cccc1OC. The average molecular weight is 527 g/mol. The number of pyridine rings is 1. The van der Waals surface area contributed by atoms with E-state index >= 15 is 0 Å². The molecule has 0 radical (unpaired) electrons. The summed E-state index contributed by atoms with van der Waals surface area (Å²) in [5.74, 6) is 0.514. The maximum absolute atomic E-state index is 13.3. The molecule has 2 aromatic rings. The lowest BCUT2D eigenvalue weighted by Crippen LogP contribution is -2.28. The minimum Gasteiger partial charge on any atom is -0.506 e. The number of unbranched alkanes of at least 4 members (excludes halogenated alkanes) is 1. The number of carbonyl (C=O) groups is 1. The number of aromatic nitrogens is 1. The molecule has 206 valence electrons. The van der Waals surface area contributed by atoms with E-state index in [1.807, 2.05) is 13.8 Å². The van der Waals surface area contributed by atoms with Crippen LogP contribution in [0.3, 0.4) is 0 Å². The van der Waals surface area contributed by atoms with Crippen LogP contribution in [0, 0.1) is 0 Å². The molecule has 38 heavy (non-hydrogen) atoms. The molecule has 3 rings (SSSR count). The third-order valence-electron chi connectivity index (χ3n) is 6.12. The largest absolute Gasteiger partial charge is 0.506 e. The smallest absolute Gasteiger partial charge is 0.314 e. The van der Waals surface area contributed by atoms with Gasteiger partial charge < -0.3 is 29.0 Å². The lowest BCUT2D eigenvalue weighted by atomic mass is 9.95. The Morgan fingerprint density at radius 2 is 1.76 bits per heavy atom. The van der Waals surface area contributed by atoms with Gasteiger partial charge in [0.1, 0.15) is 40.6 Å². The van der Waals surface area contributed by atoms with Crippen molar-refractivity contribution in [2.45, 2.75) is 72.3 Å². The van der Waals surface area contributed by atoms with E-state index in [9.17, 15) is 14.7 Å². The van der Waals surface area contributed by atoms with Crippen molar-refractivity contribution in [2.24, 2.45) is 4.99 Å². The van der Waals surface area contributed by atoms with Crippen LogP contribution in [-0.4, -0.2) is 48.3 Å². The summed E-state index contributed by atoms with van der Waals surface area (Å²) in [6, 6.07) is 5.30. The predicted octanol–water partition coefficient (Wildman–Crippen LogP) is 5.28. The van der Waals surface area contributed by atoms with Crippen LogP contribution in [-0.2, 0) is 20.7 Å². The van der Waals surface area contributed by atoms with Crippen molar-refractivity contribution < 1.29 is 28.8 Å². The van der Waals surface area contributed by atoms with E-state index in [-0.39, 0.29) is 30.2 Å². The Balaban J connectivity index is 2.15. The van der Waals surface area contributed by atoms with Crippen LogP contribution in [0.4, 0.5) is 0 Å². The molecule has 0 bridgehead atoms. The number of aromatic hydroxyl groups is 1. The summed E-state index contributed by atoms with van der Waals surface area (Å²) in [4.78, 5) is 33.3. The van der Waals surface area contributed by atoms with Crippen molar-refractivity contribution in [3.63, 3.8) is 0 Å². The van der Waals surface area contributed by atoms with Gasteiger partial charge in [-0.1, -0.05) is 26.3 Å². The van der Waals surface area contributed by atoms with Crippen LogP contribution < -0.4 is 15.0 Å². The highest BCUT2D eigenvalue weighted by molar-refractivity contribution is 6.01. The minimum atomic E-state index is -0.651. The fraction of sp³-hybridized carbons (Fsp3) is 0.483. The highest BCUT2D eigenvalue weighted by atomic mass is 16.6. The fourth-order valence-corrected chi connectivity index (χ4v) is 4.33. The van der Waals surface area contributed by atoms with Gasteiger partial charge in [-0.15, -0.1) is 0 Å². The van der Waals surface area contributed by atoms with Crippen LogP contribution >= 0.6 is 0 Å². The molecule has 2 N–H and O–H groups in total. The number of esters is 1. The number of nitrogens with one attached hydrogen (secondary N) is 1. The Kier molecular flexibility index (Phi) is 9.25. The van der Waals surface area contributed by atoms with Crippen LogP contribution in [0.5, 0.6) is 17.2 Å². The summed E-state index contributed by atoms with van der Waals surface area (Å²) >= 11 is 0. The van der Waals surface area contributed by atoms with Crippen molar-refractivity contribution in [1.29, 1.82) is 0 Å². The standard InChI is InChI=1S/C29H38N2O7/c1-8-10-12-18-23(24-19(35-6)13-11-14-20(24)36-7)26(33)25(27(34)31-18)28-30-16-17(9-2)21(37-28)15-22(32)38-29(3,4)5/h11,13-14H,8-10,12,15-16H2,1-7H3,(H2,31,33,34). The average Bonchev–Trinajstić information content (AvgIpc) is 2.86. The molecule has 0 saturated carbocycles. The van der Waals surface area contributed by atoms with Gasteiger partial charge in [0.15, 0.2) is 0 Å². The number of rotatable bonds is 10. The first-order chi connectivity index (χ1) is 18.0. The molecule has 0 unspecified atom stereocenters. The Labute approximate surface area is 223 Å². The second-order valence-electron chi connectivity index (χ2n) is 10.0. The van der Waals surface area contributed by atoms with E-state index in [0.29, 0.717) is 46.9 Å². The number of methoxy groups -OCH3 is 2. The molecular formula is C29H38N2O7. The molecule has 0 fully saturated rings. The number of hydrogen-bond donors (Lipinski definition) is 2. The van der Waals surface area contributed by atoms with Gasteiger partial charge in [0.25, 0.3) is 5.56 Å². The molecular weight excluding hydrogens is 488 g/mol. The van der Waals surface area contributed by atoms with Gasteiger partial charge in [-0.25, -0.2) is 4.99 Å². The highest BCUT2D eigenvalue weighted by Crippen LogP contribution is 2.45. The number of hydrogen-bond acceptors (Lipinski definition) is 8. The van der Waals surface area contributed by atoms with Crippen LogP contribution in [0.15, 0.2) is 39.3 Å². The normalized spacial score (nSPS) is 13.6. The molecule has 1 aliphatic rings. The maximum atomic E-state index is 13.3. The lowest BCUT2D eigenvalue weighted by Gasteiger charge is -2.24. The van der Waals surface area contributed by atoms with E-state index < -0.39 is 17.1 Å². The van der Waals surface area contributed by atoms with E-state index in [1.54, 1.807) is 39.0 Å². The third kappa shape index (κ3) is 6.38. The molecule has 2 heterocycles. The van der Waals surface area contributed by atoms with Gasteiger partial charge in [0.2, 0.25) is 5.90 Å². The number of H-pyrrole nitrogens is 1. The van der Waals surface area contributed by atoms with Crippen LogP contribution in [0.25, 0.3) is 11.1 Å². The Bertz CT molecular complexity index is 1280. The number of carbonyl (C=O) groups excluding carboxylic acids is 1. The Morgan fingerprint density at radius 3 is 2.32 bits per heavy atom. The van der Waals surface area contributed by atoms with E-state index in [0.717, 1.165) is 18.4 Å². The van der Waals surface area contributed by atoms with Crippen molar-refractivity contribution in [1.82, 2.24) is 4.98 Å². The molecule has 0 spiro atoms. The molecule has 0 atom stereocenters. The molecule has 0 aliphatic carbocycles. The summed E-state index contributed by atoms with van der Waals surface area (Å²) < 4.78 is 22.7. The van der Waals surface area contributed by atoms with Crippen molar-refractivity contribution in [3.8, 4) is 28.4 Å². The van der Waals surface area contributed by atoms with Crippen molar-refractivity contribution in [2.75, 3.05) is 20.8 Å². The molecule has 0 saturated heterocycles. The van der Waals surface area contributed by atoms with Gasteiger partial charge in [-0.05, 0) is 57.7 Å². The number of aromatic amines is 1. The number of benzene rings is 1. The van der Waals surface area contributed by atoms with E-state index in [1.165, 1.54) is 14.2 Å². The zero-order chi connectivity index (χ0) is 28.0. The van der Waals surface area contributed by atoms with Gasteiger partial charge in [-0.3, -0.25) is 9.59 Å². The zero-order valence-electron chi connectivity index (χ0n) is 23.3. The Hall–Kier alpha value is -3.75. The number of aliphatic imine (C=N–C) groups is 1. The second-order valence-corrected chi connectivity index (χ2v) is 10.0. The van der Waals surface area contributed by atoms with Gasteiger partial charge in [0, 0.05) is 5.69 Å². The first kappa shape index (κ1) is 28.8. The highest BCUT2D eigenvalue weighted by Gasteiger charge is 2.30. The van der Waals surface area contributed by atoms with Crippen LogP contribution in [0.1, 0.15) is 71.6 Å². The summed E-state index contributed by atoms with van der Waals surface area (Å²) in [7, 11) is 3.06. The monoisotopic (exact) mass is 526 g/mol. The zero-order valence-corrected chi connectivity index (χ0v) is 23.3. The third-order valence-corrected chi connectivity index (χ3v) is 6.12. The summed E-state index contributed by atoms with van der Waals surface area (Å²) in [6.45, 7) is 9.59. The molecule has 0 amide bonds. The first-order valence-electron chi connectivity index (χ1n) is 12.9. The Morgan fingerprint density at radius 1 is 1.11 bits per heavy atom. The van der Waals surface area contributed by atoms with Crippen molar-refractivity contribution in [3.05, 3.63) is 51.1 Å². The van der Waals surface area contributed by atoms with E-state index in [4.69, 9.17) is 18.9 Å². The number of aryl methyl sites for hydroxylation is 1. The lowest BCUT2D eigenvalue weighted by molar-refractivity contribution is -0.154. The summed E-state index contributed by atoms with van der Waals surface area (Å²) in [5.41, 5.74) is 0.952. The number of ether oxygens (including phenoxy) is 4. The molecule has 9 nitrogen and oxygen atoms in total. The topological polar surface area (TPSA) is 119 Å². The van der Waals surface area contributed by atoms with E-state index in [2.05, 4.69) is 9.98 Å². The van der Waals surface area contributed by atoms with Gasteiger partial charge in [-0.2, -0.15) is 0 Å². The predicted molar refractivity (Wildman–Crippen MR) is 146 cm³/mol. The second kappa shape index (κ2) is 12.2. The quantitative estimate of drug-likeness (QED) is 0.404. The van der Waals surface area contributed by atoms with Crippen molar-refractivity contribution >= 4 is 11.9 Å². The minimum absolute atomic E-state index is 0.0586. The van der Waals surface area contributed by atoms with Gasteiger partial charge >= 0.3 is 5.97 Å². The fourth-order valence-electron chi connectivity index (χ4n) is 4.33. The molecule has 1 aromatic carbocycles. The summed E-state index contributed by atoms with van der Waals surface area (Å²) in [6.07, 6.45) is 2.70. The maximum Gasteiger partial charge on any atom is 0.314 e. The van der Waals surface area contributed by atoms with Crippen LogP contribution in [0.2, 0.25) is 0 Å². The molecule has 1 aromatic heterocycles. The summed E-state index contributed by atoms with van der Waals surface area (Å²) in [5, 5.41) is 11.6. The molecule has 1 aliphatic heterocycles. The first-order valence-corrected chi connectivity index (χ1v) is 12.9. The molecule has 9 heteroatoms. The number of nitrogens with zero attached hydrogens (tertiary/aromatic N) is 1.